The Morgan fingerprint density at radius 2 is 1.72 bits per heavy atom. The Labute approximate surface area is 112 Å². The molecule has 0 radical (unpaired) electrons. The lowest BCUT2D eigenvalue weighted by molar-refractivity contribution is 0.806. The zero-order chi connectivity index (χ0) is 12.8. The van der Waals surface area contributed by atoms with Crippen LogP contribution in [0.15, 0.2) is 54.6 Å². The molecule has 0 aliphatic carbocycles. The van der Waals surface area contributed by atoms with E-state index in [1.807, 2.05) is 54.6 Å². The molecule has 0 saturated carbocycles. The van der Waals surface area contributed by atoms with Crippen LogP contribution in [0.2, 0.25) is 5.02 Å². The van der Waals surface area contributed by atoms with Crippen molar-refractivity contribution in [3.8, 4) is 6.07 Å². The normalized spacial score (nSPS) is 11.6. The maximum atomic E-state index is 8.92. The van der Waals surface area contributed by atoms with E-state index in [1.54, 1.807) is 0 Å². The van der Waals surface area contributed by atoms with Crippen molar-refractivity contribution in [1.82, 2.24) is 0 Å². The summed E-state index contributed by atoms with van der Waals surface area (Å²) in [5.41, 5.74) is 1.93. The molecular weight excluding hydrogens is 244 g/mol. The van der Waals surface area contributed by atoms with Crippen LogP contribution in [0.25, 0.3) is 0 Å². The fraction of sp³-hybridized carbons (Fsp3) is 0.133. The number of nitriles is 1. The second-order valence-electron chi connectivity index (χ2n) is 3.95. The van der Waals surface area contributed by atoms with Gasteiger partial charge in [0.15, 0.2) is 0 Å². The van der Waals surface area contributed by atoms with Gasteiger partial charge in [0, 0.05) is 0 Å². The molecule has 0 aromatic heterocycles. The summed E-state index contributed by atoms with van der Waals surface area (Å²) >= 11 is 6.11. The Balaban J connectivity index is 2.23. The molecule has 3 heteroatoms. The molecule has 0 spiro atoms. The average molecular weight is 257 g/mol. The van der Waals surface area contributed by atoms with E-state index in [2.05, 4.69) is 11.4 Å². The minimum atomic E-state index is -0.0453. The zero-order valence-corrected chi connectivity index (χ0v) is 10.6. The lowest BCUT2D eigenvalue weighted by Crippen LogP contribution is -2.10. The van der Waals surface area contributed by atoms with Crippen LogP contribution in [-0.4, -0.2) is 0 Å². The molecule has 1 N–H and O–H groups in total. The maximum Gasteiger partial charge on any atom is 0.0647 e. The van der Waals surface area contributed by atoms with Gasteiger partial charge in [-0.1, -0.05) is 54.1 Å². The maximum absolute atomic E-state index is 8.92. The third-order valence-electron chi connectivity index (χ3n) is 2.70. The summed E-state index contributed by atoms with van der Waals surface area (Å²) in [4.78, 5) is 0. The van der Waals surface area contributed by atoms with Gasteiger partial charge >= 0.3 is 0 Å². The molecule has 0 aliphatic rings. The highest BCUT2D eigenvalue weighted by atomic mass is 35.5. The summed E-state index contributed by atoms with van der Waals surface area (Å²) in [7, 11) is 0. The first kappa shape index (κ1) is 12.5. The predicted octanol–water partition coefficient (Wildman–Crippen LogP) is 4.41. The first-order valence-corrected chi connectivity index (χ1v) is 6.12. The van der Waals surface area contributed by atoms with Crippen molar-refractivity contribution >= 4 is 17.3 Å². The van der Waals surface area contributed by atoms with Gasteiger partial charge in [0.2, 0.25) is 0 Å². The zero-order valence-electron chi connectivity index (χ0n) is 9.81. The van der Waals surface area contributed by atoms with Gasteiger partial charge < -0.3 is 5.32 Å². The lowest BCUT2D eigenvalue weighted by atomic mass is 10.0. The van der Waals surface area contributed by atoms with Crippen LogP contribution in [0, 0.1) is 11.3 Å². The minimum Gasteiger partial charge on any atom is -0.376 e. The van der Waals surface area contributed by atoms with E-state index in [-0.39, 0.29) is 6.04 Å². The molecule has 0 aliphatic heterocycles. The molecule has 0 amide bonds. The summed E-state index contributed by atoms with van der Waals surface area (Å²) in [6.07, 6.45) is 0.398. The van der Waals surface area contributed by atoms with Crippen molar-refractivity contribution in [3.05, 3.63) is 65.2 Å². The molecule has 0 heterocycles. The molecular formula is C15H13ClN2. The minimum absolute atomic E-state index is 0.0453. The number of nitrogens with one attached hydrogen (secondary N) is 1. The van der Waals surface area contributed by atoms with Gasteiger partial charge in [0.1, 0.15) is 0 Å². The van der Waals surface area contributed by atoms with Crippen LogP contribution in [0.1, 0.15) is 18.0 Å². The van der Waals surface area contributed by atoms with Gasteiger partial charge in [-0.05, 0) is 17.7 Å². The third-order valence-corrected chi connectivity index (χ3v) is 3.03. The van der Waals surface area contributed by atoms with E-state index < -0.39 is 0 Å². The van der Waals surface area contributed by atoms with E-state index in [4.69, 9.17) is 16.9 Å². The number of benzene rings is 2. The van der Waals surface area contributed by atoms with E-state index in [1.165, 1.54) is 0 Å². The largest absolute Gasteiger partial charge is 0.376 e. The van der Waals surface area contributed by atoms with E-state index in [0.29, 0.717) is 11.4 Å². The van der Waals surface area contributed by atoms with Gasteiger partial charge in [-0.15, -0.1) is 0 Å². The van der Waals surface area contributed by atoms with E-state index in [0.717, 1.165) is 11.3 Å². The second-order valence-corrected chi connectivity index (χ2v) is 4.36. The van der Waals surface area contributed by atoms with Crippen molar-refractivity contribution < 1.29 is 0 Å². The van der Waals surface area contributed by atoms with Crippen molar-refractivity contribution in [2.75, 3.05) is 5.32 Å². The quantitative estimate of drug-likeness (QED) is 0.880. The smallest absolute Gasteiger partial charge is 0.0647 e. The van der Waals surface area contributed by atoms with Gasteiger partial charge in [-0.25, -0.2) is 0 Å². The Kier molecular flexibility index (Phi) is 4.22. The van der Waals surface area contributed by atoms with Gasteiger partial charge in [-0.3, -0.25) is 0 Å². The molecule has 2 aromatic rings. The highest BCUT2D eigenvalue weighted by Crippen LogP contribution is 2.27. The number of hydrogen-bond donors (Lipinski definition) is 1. The molecule has 0 fully saturated rings. The number of para-hydroxylation sites is 1. The Hall–Kier alpha value is -1.98. The van der Waals surface area contributed by atoms with Crippen LogP contribution in [0.5, 0.6) is 0 Å². The van der Waals surface area contributed by atoms with Crippen LogP contribution in [0.3, 0.4) is 0 Å². The van der Waals surface area contributed by atoms with Crippen LogP contribution in [-0.2, 0) is 0 Å². The van der Waals surface area contributed by atoms with E-state index in [9.17, 15) is 0 Å². The van der Waals surface area contributed by atoms with Crippen molar-refractivity contribution in [2.24, 2.45) is 0 Å². The summed E-state index contributed by atoms with van der Waals surface area (Å²) in [6, 6.07) is 19.6. The molecule has 1 unspecified atom stereocenters. The monoisotopic (exact) mass is 256 g/mol. The fourth-order valence-corrected chi connectivity index (χ4v) is 1.99. The first-order valence-electron chi connectivity index (χ1n) is 5.74. The van der Waals surface area contributed by atoms with Gasteiger partial charge in [0.05, 0.1) is 29.2 Å². The highest BCUT2D eigenvalue weighted by Gasteiger charge is 2.11. The molecule has 1 atom stereocenters. The summed E-state index contributed by atoms with van der Waals surface area (Å²) < 4.78 is 0. The first-order chi connectivity index (χ1) is 8.81. The molecule has 0 bridgehead atoms. The standard InChI is InChI=1S/C15H13ClN2/c16-13-8-4-5-9-15(13)18-14(10-11-17)12-6-2-1-3-7-12/h1-9,14,18H,10H2. The Morgan fingerprint density at radius 1 is 1.06 bits per heavy atom. The molecule has 2 rings (SSSR count). The summed E-state index contributed by atoms with van der Waals surface area (Å²) in [5.74, 6) is 0. The van der Waals surface area contributed by atoms with Crippen LogP contribution < -0.4 is 5.32 Å². The topological polar surface area (TPSA) is 35.8 Å². The van der Waals surface area contributed by atoms with Crippen LogP contribution in [0.4, 0.5) is 5.69 Å². The predicted molar refractivity (Wildman–Crippen MR) is 74.5 cm³/mol. The number of halogens is 1. The number of rotatable bonds is 4. The summed E-state index contributed by atoms with van der Waals surface area (Å²) in [6.45, 7) is 0. The van der Waals surface area contributed by atoms with Crippen LogP contribution >= 0.6 is 11.6 Å². The molecule has 0 saturated heterocycles. The molecule has 2 nitrogen and oxygen atoms in total. The number of nitrogens with zero attached hydrogens (tertiary/aromatic N) is 1. The average Bonchev–Trinajstić information content (AvgIpc) is 2.42. The van der Waals surface area contributed by atoms with Gasteiger partial charge in [-0.2, -0.15) is 5.26 Å². The number of hydrogen-bond acceptors (Lipinski definition) is 2. The fourth-order valence-electron chi connectivity index (χ4n) is 1.79. The summed E-state index contributed by atoms with van der Waals surface area (Å²) in [5, 5.41) is 12.9. The lowest BCUT2D eigenvalue weighted by Gasteiger charge is -2.18. The Morgan fingerprint density at radius 3 is 2.39 bits per heavy atom. The SMILES string of the molecule is N#CCC(Nc1ccccc1Cl)c1ccccc1. The molecule has 18 heavy (non-hydrogen) atoms. The molecule has 90 valence electrons. The number of anilines is 1. The highest BCUT2D eigenvalue weighted by molar-refractivity contribution is 6.33. The van der Waals surface area contributed by atoms with Crippen molar-refractivity contribution in [1.29, 1.82) is 5.26 Å². The molecule has 2 aromatic carbocycles. The second kappa shape index (κ2) is 6.09. The van der Waals surface area contributed by atoms with Gasteiger partial charge in [0.25, 0.3) is 0 Å². The van der Waals surface area contributed by atoms with Crippen molar-refractivity contribution in [2.45, 2.75) is 12.5 Å². The van der Waals surface area contributed by atoms with Crippen molar-refractivity contribution in [3.63, 3.8) is 0 Å². The Bertz CT molecular complexity index is 546. The van der Waals surface area contributed by atoms with E-state index >= 15 is 0 Å². The third kappa shape index (κ3) is 3.03.